The number of hydrogen-bond donors (Lipinski definition) is 1. The van der Waals surface area contributed by atoms with Gasteiger partial charge in [-0.05, 0) is 18.9 Å². The summed E-state index contributed by atoms with van der Waals surface area (Å²) >= 11 is 1.66. The number of nitrogens with zero attached hydrogens (tertiary/aromatic N) is 3. The summed E-state index contributed by atoms with van der Waals surface area (Å²) in [5, 5.41) is 1.11. The van der Waals surface area contributed by atoms with Crippen LogP contribution < -0.4 is 10.6 Å². The van der Waals surface area contributed by atoms with E-state index in [-0.39, 0.29) is 0 Å². The molecule has 2 N–H and O–H groups in total. The first-order valence-corrected chi connectivity index (χ1v) is 7.07. The SMILES string of the molecule is CCC(C)CN(C)c1nc(N)nc2sc(C)cc12. The van der Waals surface area contributed by atoms with Crippen LogP contribution in [-0.4, -0.2) is 23.6 Å². The summed E-state index contributed by atoms with van der Waals surface area (Å²) in [5.41, 5.74) is 5.79. The van der Waals surface area contributed by atoms with Crippen LogP contribution in [0.2, 0.25) is 0 Å². The third-order valence-corrected chi connectivity index (χ3v) is 4.10. The molecule has 0 bridgehead atoms. The molecule has 0 amide bonds. The smallest absolute Gasteiger partial charge is 0.223 e. The third-order valence-electron chi connectivity index (χ3n) is 3.16. The van der Waals surface area contributed by atoms with Crippen molar-refractivity contribution < 1.29 is 0 Å². The van der Waals surface area contributed by atoms with Crippen molar-refractivity contribution in [3.8, 4) is 0 Å². The molecule has 2 aromatic heterocycles. The molecule has 4 nitrogen and oxygen atoms in total. The Kier molecular flexibility index (Phi) is 3.71. The Balaban J connectivity index is 2.42. The Morgan fingerprint density at radius 3 is 2.83 bits per heavy atom. The molecule has 1 unspecified atom stereocenters. The first kappa shape index (κ1) is 13.1. The first-order valence-electron chi connectivity index (χ1n) is 6.26. The lowest BCUT2D eigenvalue weighted by Crippen LogP contribution is -2.25. The number of aromatic nitrogens is 2. The van der Waals surface area contributed by atoms with Crippen molar-refractivity contribution in [1.82, 2.24) is 9.97 Å². The normalized spacial score (nSPS) is 12.9. The molecule has 0 fully saturated rings. The minimum Gasteiger partial charge on any atom is -0.368 e. The number of rotatable bonds is 4. The highest BCUT2D eigenvalue weighted by Crippen LogP contribution is 2.31. The molecule has 1 atom stereocenters. The fourth-order valence-electron chi connectivity index (χ4n) is 2.02. The Morgan fingerprint density at radius 1 is 1.44 bits per heavy atom. The van der Waals surface area contributed by atoms with Crippen LogP contribution in [0, 0.1) is 12.8 Å². The number of nitrogen functional groups attached to an aromatic ring is 1. The van der Waals surface area contributed by atoms with E-state index in [9.17, 15) is 0 Å². The Bertz CT molecular complexity index is 549. The maximum atomic E-state index is 5.79. The highest BCUT2D eigenvalue weighted by molar-refractivity contribution is 7.18. The van der Waals surface area contributed by atoms with Crippen LogP contribution in [0.15, 0.2) is 6.07 Å². The monoisotopic (exact) mass is 264 g/mol. The topological polar surface area (TPSA) is 55.0 Å². The Morgan fingerprint density at radius 2 is 2.17 bits per heavy atom. The number of hydrogen-bond acceptors (Lipinski definition) is 5. The molecule has 2 heterocycles. The molecule has 0 saturated heterocycles. The zero-order chi connectivity index (χ0) is 13.3. The van der Waals surface area contributed by atoms with Gasteiger partial charge in [-0.15, -0.1) is 11.3 Å². The highest BCUT2D eigenvalue weighted by atomic mass is 32.1. The van der Waals surface area contributed by atoms with E-state index in [4.69, 9.17) is 5.73 Å². The van der Waals surface area contributed by atoms with E-state index in [0.29, 0.717) is 11.9 Å². The van der Waals surface area contributed by atoms with Crippen LogP contribution in [0.1, 0.15) is 25.1 Å². The molecule has 18 heavy (non-hydrogen) atoms. The van der Waals surface area contributed by atoms with Gasteiger partial charge in [0.05, 0.1) is 5.39 Å². The van der Waals surface area contributed by atoms with Crippen molar-refractivity contribution in [3.63, 3.8) is 0 Å². The highest BCUT2D eigenvalue weighted by Gasteiger charge is 2.14. The molecule has 0 aliphatic carbocycles. The van der Waals surface area contributed by atoms with Gasteiger partial charge < -0.3 is 10.6 Å². The van der Waals surface area contributed by atoms with Gasteiger partial charge in [-0.25, -0.2) is 4.98 Å². The van der Waals surface area contributed by atoms with Gasteiger partial charge in [0.15, 0.2) is 0 Å². The van der Waals surface area contributed by atoms with Gasteiger partial charge in [0, 0.05) is 18.5 Å². The van der Waals surface area contributed by atoms with Crippen LogP contribution in [0.5, 0.6) is 0 Å². The predicted octanol–water partition coefficient (Wildman–Crippen LogP) is 3.06. The van der Waals surface area contributed by atoms with E-state index in [0.717, 1.165) is 29.0 Å². The van der Waals surface area contributed by atoms with Crippen LogP contribution >= 0.6 is 11.3 Å². The molecule has 0 radical (unpaired) electrons. The van der Waals surface area contributed by atoms with E-state index in [1.165, 1.54) is 4.88 Å². The van der Waals surface area contributed by atoms with Gasteiger partial charge in [0.1, 0.15) is 10.6 Å². The third kappa shape index (κ3) is 2.56. The second-order valence-corrected chi connectivity index (χ2v) is 6.11. The molecule has 5 heteroatoms. The van der Waals surface area contributed by atoms with Gasteiger partial charge in [0.25, 0.3) is 0 Å². The lowest BCUT2D eigenvalue weighted by Gasteiger charge is -2.22. The fraction of sp³-hybridized carbons (Fsp3) is 0.538. The van der Waals surface area contributed by atoms with E-state index in [1.807, 2.05) is 0 Å². The van der Waals surface area contributed by atoms with Crippen molar-refractivity contribution in [2.75, 3.05) is 24.2 Å². The van der Waals surface area contributed by atoms with Gasteiger partial charge in [-0.2, -0.15) is 4.98 Å². The summed E-state index contributed by atoms with van der Waals surface area (Å²) in [6, 6.07) is 2.14. The van der Waals surface area contributed by atoms with Gasteiger partial charge in [-0.3, -0.25) is 0 Å². The lowest BCUT2D eigenvalue weighted by molar-refractivity contribution is 0.558. The van der Waals surface area contributed by atoms with Gasteiger partial charge >= 0.3 is 0 Å². The molecular weight excluding hydrogens is 244 g/mol. The van der Waals surface area contributed by atoms with Crippen molar-refractivity contribution in [2.24, 2.45) is 5.92 Å². The summed E-state index contributed by atoms with van der Waals surface area (Å²) < 4.78 is 0. The Hall–Kier alpha value is -1.36. The number of thiophene rings is 1. The van der Waals surface area contributed by atoms with Crippen molar-refractivity contribution in [2.45, 2.75) is 27.2 Å². The molecular formula is C13H20N4S. The van der Waals surface area contributed by atoms with Crippen LogP contribution in [0.3, 0.4) is 0 Å². The van der Waals surface area contributed by atoms with Gasteiger partial charge in [-0.1, -0.05) is 20.3 Å². The summed E-state index contributed by atoms with van der Waals surface area (Å²) in [4.78, 5) is 13.1. The molecule has 0 saturated carbocycles. The molecule has 98 valence electrons. The summed E-state index contributed by atoms with van der Waals surface area (Å²) in [6.45, 7) is 7.52. The second kappa shape index (κ2) is 5.10. The zero-order valence-corrected chi connectivity index (χ0v) is 12.2. The predicted molar refractivity (Wildman–Crippen MR) is 79.3 cm³/mol. The first-order chi connectivity index (χ1) is 8.51. The fourth-order valence-corrected chi connectivity index (χ4v) is 2.90. The quantitative estimate of drug-likeness (QED) is 0.922. The molecule has 2 rings (SSSR count). The summed E-state index contributed by atoms with van der Waals surface area (Å²) in [7, 11) is 2.07. The Labute approximate surface area is 112 Å². The molecule has 0 aliphatic rings. The van der Waals surface area contributed by atoms with E-state index in [1.54, 1.807) is 11.3 Å². The zero-order valence-electron chi connectivity index (χ0n) is 11.4. The lowest BCUT2D eigenvalue weighted by atomic mass is 10.1. The van der Waals surface area contributed by atoms with Crippen LogP contribution in [-0.2, 0) is 0 Å². The van der Waals surface area contributed by atoms with Crippen LogP contribution in [0.25, 0.3) is 10.2 Å². The van der Waals surface area contributed by atoms with E-state index >= 15 is 0 Å². The number of fused-ring (bicyclic) bond motifs is 1. The number of nitrogens with two attached hydrogens (primary N) is 1. The van der Waals surface area contributed by atoms with Gasteiger partial charge in [0.2, 0.25) is 5.95 Å². The average molecular weight is 264 g/mol. The van der Waals surface area contributed by atoms with Crippen LogP contribution in [0.4, 0.5) is 11.8 Å². The standard InChI is InChI=1S/C13H20N4S/c1-5-8(2)7-17(4)11-10-6-9(3)18-12(10)16-13(14)15-11/h6,8H,5,7H2,1-4H3,(H2,14,15,16). The largest absolute Gasteiger partial charge is 0.368 e. The van der Waals surface area contributed by atoms with Crippen molar-refractivity contribution >= 4 is 33.3 Å². The maximum absolute atomic E-state index is 5.79. The minimum absolute atomic E-state index is 0.357. The molecule has 0 aliphatic heterocycles. The second-order valence-electron chi connectivity index (χ2n) is 4.88. The maximum Gasteiger partial charge on any atom is 0.223 e. The van der Waals surface area contributed by atoms with Crippen molar-refractivity contribution in [3.05, 3.63) is 10.9 Å². The molecule has 0 aromatic carbocycles. The minimum atomic E-state index is 0.357. The van der Waals surface area contributed by atoms with Crippen molar-refractivity contribution in [1.29, 1.82) is 0 Å². The molecule has 2 aromatic rings. The van der Waals surface area contributed by atoms with E-state index in [2.05, 4.69) is 48.8 Å². The summed E-state index contributed by atoms with van der Waals surface area (Å²) in [5.74, 6) is 1.94. The number of anilines is 2. The summed E-state index contributed by atoms with van der Waals surface area (Å²) in [6.07, 6.45) is 1.16. The van der Waals surface area contributed by atoms with E-state index < -0.39 is 0 Å². The average Bonchev–Trinajstić information content (AvgIpc) is 2.67. The molecule has 0 spiro atoms. The number of aryl methyl sites for hydroxylation is 1.